The summed E-state index contributed by atoms with van der Waals surface area (Å²) < 4.78 is 5.43. The number of amides is 1. The van der Waals surface area contributed by atoms with Gasteiger partial charge in [0.2, 0.25) is 0 Å². The maximum atomic E-state index is 12.0. The minimum absolute atomic E-state index is 0.307. The minimum atomic E-state index is -0.307. The lowest BCUT2D eigenvalue weighted by Crippen LogP contribution is -2.17. The van der Waals surface area contributed by atoms with Gasteiger partial charge in [-0.05, 0) is 48.0 Å². The highest BCUT2D eigenvalue weighted by molar-refractivity contribution is 7.98. The van der Waals surface area contributed by atoms with Crippen molar-refractivity contribution in [2.75, 3.05) is 7.11 Å². The number of benzene rings is 1. The summed E-state index contributed by atoms with van der Waals surface area (Å²) in [5.41, 5.74) is 4.84. The Morgan fingerprint density at radius 3 is 2.89 bits per heavy atom. The number of carbonyl (C=O) groups is 1. The van der Waals surface area contributed by atoms with Gasteiger partial charge in [-0.1, -0.05) is 6.07 Å². The molecule has 0 fully saturated rings. The molecule has 136 valence electrons. The van der Waals surface area contributed by atoms with Crippen molar-refractivity contribution in [2.24, 2.45) is 5.10 Å². The molecule has 0 aliphatic heterocycles. The molecule has 0 radical (unpaired) electrons. The van der Waals surface area contributed by atoms with Gasteiger partial charge in [-0.15, -0.1) is 11.8 Å². The zero-order valence-corrected chi connectivity index (χ0v) is 15.5. The Hall–Kier alpha value is -3.19. The Balaban J connectivity index is 1.66. The van der Waals surface area contributed by atoms with E-state index in [1.807, 2.05) is 36.4 Å². The maximum Gasteiger partial charge on any atom is 0.272 e. The van der Waals surface area contributed by atoms with E-state index in [4.69, 9.17) is 4.74 Å². The molecule has 7 heteroatoms. The van der Waals surface area contributed by atoms with Crippen molar-refractivity contribution in [1.82, 2.24) is 15.4 Å². The molecule has 0 saturated carbocycles. The Bertz CT molecular complexity index is 918. The molecular formula is C20H18N4O2S. The predicted molar refractivity (Wildman–Crippen MR) is 106 cm³/mol. The van der Waals surface area contributed by atoms with Crippen LogP contribution in [0, 0.1) is 0 Å². The highest BCUT2D eigenvalue weighted by Gasteiger charge is 2.06. The van der Waals surface area contributed by atoms with Crippen molar-refractivity contribution >= 4 is 23.9 Å². The lowest BCUT2D eigenvalue weighted by molar-refractivity contribution is 0.0955. The van der Waals surface area contributed by atoms with Gasteiger partial charge in [0.25, 0.3) is 5.91 Å². The SMILES string of the molecule is COc1ccc(C=NNC(=O)c2cccnc2)cc1CSc1ccccn1. The van der Waals surface area contributed by atoms with Gasteiger partial charge in [0.15, 0.2) is 0 Å². The first kappa shape index (κ1) is 18.6. The standard InChI is InChI=1S/C20H18N4O2S/c1-26-18-8-7-15(11-17(18)14-27-19-6-2-3-10-22-19)12-23-24-20(25)16-5-4-9-21-13-16/h2-13H,14H2,1H3,(H,24,25). The van der Waals surface area contributed by atoms with Crippen LogP contribution in [-0.4, -0.2) is 29.2 Å². The summed E-state index contributed by atoms with van der Waals surface area (Å²) in [4.78, 5) is 20.2. The summed E-state index contributed by atoms with van der Waals surface area (Å²) in [6, 6.07) is 14.9. The normalized spacial score (nSPS) is 10.7. The Morgan fingerprint density at radius 2 is 2.15 bits per heavy atom. The molecule has 27 heavy (non-hydrogen) atoms. The molecule has 1 aromatic carbocycles. The van der Waals surface area contributed by atoms with Gasteiger partial charge in [-0.2, -0.15) is 5.10 Å². The fourth-order valence-electron chi connectivity index (χ4n) is 2.30. The van der Waals surface area contributed by atoms with Crippen molar-refractivity contribution < 1.29 is 9.53 Å². The molecule has 6 nitrogen and oxygen atoms in total. The number of aromatic nitrogens is 2. The average Bonchev–Trinajstić information content (AvgIpc) is 2.73. The lowest BCUT2D eigenvalue weighted by atomic mass is 10.1. The number of pyridine rings is 2. The van der Waals surface area contributed by atoms with Crippen LogP contribution in [0.3, 0.4) is 0 Å². The summed E-state index contributed by atoms with van der Waals surface area (Å²) in [5, 5.41) is 4.97. The van der Waals surface area contributed by atoms with Crippen molar-refractivity contribution in [1.29, 1.82) is 0 Å². The van der Waals surface area contributed by atoms with E-state index in [1.165, 1.54) is 6.20 Å². The minimum Gasteiger partial charge on any atom is -0.496 e. The van der Waals surface area contributed by atoms with E-state index >= 15 is 0 Å². The molecule has 0 aliphatic carbocycles. The van der Waals surface area contributed by atoms with Crippen molar-refractivity contribution in [3.05, 3.63) is 83.8 Å². The van der Waals surface area contributed by atoms with E-state index in [9.17, 15) is 4.79 Å². The second-order valence-electron chi connectivity index (χ2n) is 5.47. The molecular weight excluding hydrogens is 360 g/mol. The number of rotatable bonds is 7. The van der Waals surface area contributed by atoms with E-state index in [0.29, 0.717) is 11.3 Å². The summed E-state index contributed by atoms with van der Waals surface area (Å²) in [6.07, 6.45) is 6.48. The molecule has 2 heterocycles. The van der Waals surface area contributed by atoms with Crippen molar-refractivity contribution in [2.45, 2.75) is 10.8 Å². The van der Waals surface area contributed by atoms with Crippen LogP contribution in [0.1, 0.15) is 21.5 Å². The van der Waals surface area contributed by atoms with Crippen LogP contribution in [0.25, 0.3) is 0 Å². The topological polar surface area (TPSA) is 76.5 Å². The number of hydrazone groups is 1. The first-order valence-corrected chi connectivity index (χ1v) is 9.19. The monoisotopic (exact) mass is 378 g/mol. The third-order valence-electron chi connectivity index (χ3n) is 3.62. The van der Waals surface area contributed by atoms with Crippen LogP contribution in [0.5, 0.6) is 5.75 Å². The molecule has 3 rings (SSSR count). The number of carbonyl (C=O) groups excluding carboxylic acids is 1. The molecule has 0 unspecified atom stereocenters. The summed E-state index contributed by atoms with van der Waals surface area (Å²) in [5.74, 6) is 1.21. The van der Waals surface area contributed by atoms with Gasteiger partial charge in [-0.3, -0.25) is 9.78 Å². The predicted octanol–water partition coefficient (Wildman–Crippen LogP) is 3.54. The van der Waals surface area contributed by atoms with Gasteiger partial charge in [0.1, 0.15) is 5.75 Å². The summed E-state index contributed by atoms with van der Waals surface area (Å²) in [7, 11) is 1.64. The second-order valence-corrected chi connectivity index (χ2v) is 6.46. The fourth-order valence-corrected chi connectivity index (χ4v) is 3.14. The molecule has 0 bridgehead atoms. The Morgan fingerprint density at radius 1 is 1.22 bits per heavy atom. The lowest BCUT2D eigenvalue weighted by Gasteiger charge is -2.09. The number of thioether (sulfide) groups is 1. The molecule has 3 aromatic rings. The van der Waals surface area contributed by atoms with Gasteiger partial charge in [-0.25, -0.2) is 10.4 Å². The zero-order valence-electron chi connectivity index (χ0n) is 14.7. The van der Waals surface area contributed by atoms with Crippen LogP contribution in [0.2, 0.25) is 0 Å². The molecule has 0 saturated heterocycles. The fraction of sp³-hybridized carbons (Fsp3) is 0.100. The van der Waals surface area contributed by atoms with Crippen molar-refractivity contribution in [3.63, 3.8) is 0 Å². The average molecular weight is 378 g/mol. The van der Waals surface area contributed by atoms with Crippen LogP contribution < -0.4 is 10.2 Å². The van der Waals surface area contributed by atoms with Crippen molar-refractivity contribution in [3.8, 4) is 5.75 Å². The number of hydrogen-bond acceptors (Lipinski definition) is 6. The van der Waals surface area contributed by atoms with E-state index in [0.717, 1.165) is 21.9 Å². The van der Waals surface area contributed by atoms with Crippen LogP contribution in [0.4, 0.5) is 0 Å². The smallest absolute Gasteiger partial charge is 0.272 e. The Labute approximate surface area is 161 Å². The van der Waals surface area contributed by atoms with Gasteiger partial charge >= 0.3 is 0 Å². The molecule has 2 aromatic heterocycles. The first-order valence-electron chi connectivity index (χ1n) is 8.20. The second kappa shape index (κ2) is 9.49. The first-order chi connectivity index (χ1) is 13.3. The van der Waals surface area contributed by atoms with Gasteiger partial charge < -0.3 is 4.74 Å². The van der Waals surface area contributed by atoms with Crippen LogP contribution in [-0.2, 0) is 5.75 Å². The van der Waals surface area contributed by atoms with Gasteiger partial charge in [0, 0.05) is 29.9 Å². The quantitative estimate of drug-likeness (QED) is 0.387. The molecule has 0 aliphatic rings. The largest absolute Gasteiger partial charge is 0.496 e. The molecule has 0 atom stereocenters. The summed E-state index contributed by atoms with van der Waals surface area (Å²) in [6.45, 7) is 0. The zero-order chi connectivity index (χ0) is 18.9. The van der Waals surface area contributed by atoms with Gasteiger partial charge in [0.05, 0.1) is 23.9 Å². The van der Waals surface area contributed by atoms with Crippen LogP contribution >= 0.6 is 11.8 Å². The number of ether oxygens (including phenoxy) is 1. The molecule has 0 spiro atoms. The van der Waals surface area contributed by atoms with E-state index in [-0.39, 0.29) is 5.91 Å². The maximum absolute atomic E-state index is 12.0. The number of nitrogens with zero attached hydrogens (tertiary/aromatic N) is 3. The summed E-state index contributed by atoms with van der Waals surface area (Å²) >= 11 is 1.63. The highest BCUT2D eigenvalue weighted by atomic mass is 32.2. The van der Waals surface area contributed by atoms with E-state index in [2.05, 4.69) is 20.5 Å². The molecule has 1 N–H and O–H groups in total. The number of methoxy groups -OCH3 is 1. The van der Waals surface area contributed by atoms with E-state index in [1.54, 1.807) is 49.6 Å². The van der Waals surface area contributed by atoms with Crippen LogP contribution in [0.15, 0.2) is 77.2 Å². The molecule has 1 amide bonds. The highest BCUT2D eigenvalue weighted by Crippen LogP contribution is 2.27. The van der Waals surface area contributed by atoms with E-state index < -0.39 is 0 Å². The third-order valence-corrected chi connectivity index (χ3v) is 4.61. The Kier molecular flexibility index (Phi) is 6.54. The number of nitrogens with one attached hydrogen (secondary N) is 1. The number of hydrogen-bond donors (Lipinski definition) is 1. The third kappa shape index (κ3) is 5.39.